The molecule has 0 aromatic heterocycles. The summed E-state index contributed by atoms with van der Waals surface area (Å²) in [7, 11) is 0. The Bertz CT molecular complexity index is 689. The number of unbranched alkanes of at least 4 members (excludes halogenated alkanes) is 5. The van der Waals surface area contributed by atoms with Crippen LogP contribution in [0.15, 0.2) is 0 Å². The van der Waals surface area contributed by atoms with Gasteiger partial charge in [0.15, 0.2) is 0 Å². The first-order valence-corrected chi connectivity index (χ1v) is 16.1. The van der Waals surface area contributed by atoms with Gasteiger partial charge in [0.25, 0.3) is 0 Å². The standard InChI is InChI=1S/C33H59NO/c1-6-7-8-9-10-11-22-34-31(35)17-12-25(3)28-15-16-29-27-14-13-26-23-24(2)18-20-32(26,4)30(27)19-21-33(28,29)5/h24-30H,6-23H2,1-5H3,(H,34,35)/t24-,25-,26?,27?,28-,29?,30?,32+,33-/m1/s1. The normalized spacial score (nSPS) is 41.5. The van der Waals surface area contributed by atoms with E-state index in [1.807, 2.05) is 0 Å². The van der Waals surface area contributed by atoms with Gasteiger partial charge in [-0.15, -0.1) is 0 Å². The minimum Gasteiger partial charge on any atom is -0.356 e. The number of carbonyl (C=O) groups is 1. The summed E-state index contributed by atoms with van der Waals surface area (Å²) in [6, 6.07) is 0. The number of carbonyl (C=O) groups excluding carboxylic acids is 1. The van der Waals surface area contributed by atoms with Gasteiger partial charge >= 0.3 is 0 Å². The van der Waals surface area contributed by atoms with Crippen LogP contribution >= 0.6 is 0 Å². The Morgan fingerprint density at radius 2 is 1.60 bits per heavy atom. The van der Waals surface area contributed by atoms with E-state index in [1.165, 1.54) is 89.9 Å². The van der Waals surface area contributed by atoms with E-state index >= 15 is 0 Å². The summed E-state index contributed by atoms with van der Waals surface area (Å²) in [5.41, 5.74) is 1.16. The van der Waals surface area contributed by atoms with Crippen molar-refractivity contribution in [2.75, 3.05) is 6.54 Å². The van der Waals surface area contributed by atoms with Crippen LogP contribution in [0.5, 0.6) is 0 Å². The Kier molecular flexibility index (Phi) is 9.35. The molecule has 2 heteroatoms. The van der Waals surface area contributed by atoms with Gasteiger partial charge in [0.1, 0.15) is 0 Å². The highest BCUT2D eigenvalue weighted by Crippen LogP contribution is 2.68. The lowest BCUT2D eigenvalue weighted by molar-refractivity contribution is -0.123. The summed E-state index contributed by atoms with van der Waals surface area (Å²) in [6.07, 6.45) is 22.9. The lowest BCUT2D eigenvalue weighted by Gasteiger charge is -2.61. The third-order valence-corrected chi connectivity index (χ3v) is 12.4. The summed E-state index contributed by atoms with van der Waals surface area (Å²) in [5, 5.41) is 3.22. The third kappa shape index (κ3) is 5.82. The number of amides is 1. The van der Waals surface area contributed by atoms with E-state index in [2.05, 4.69) is 39.9 Å². The van der Waals surface area contributed by atoms with Crippen LogP contribution in [0.3, 0.4) is 0 Å². The number of nitrogens with one attached hydrogen (secondary N) is 1. The van der Waals surface area contributed by atoms with Crippen LogP contribution in [0.4, 0.5) is 0 Å². The second-order valence-electron chi connectivity index (χ2n) is 14.4. The fourth-order valence-electron chi connectivity index (χ4n) is 10.2. The molecule has 0 aromatic rings. The first-order valence-electron chi connectivity index (χ1n) is 16.1. The summed E-state index contributed by atoms with van der Waals surface area (Å²) in [6.45, 7) is 13.5. The highest BCUT2D eigenvalue weighted by molar-refractivity contribution is 5.75. The van der Waals surface area contributed by atoms with E-state index < -0.39 is 0 Å². The van der Waals surface area contributed by atoms with Crippen molar-refractivity contribution >= 4 is 5.91 Å². The molecule has 1 N–H and O–H groups in total. The monoisotopic (exact) mass is 485 g/mol. The third-order valence-electron chi connectivity index (χ3n) is 12.4. The second kappa shape index (κ2) is 11.9. The molecule has 4 aliphatic rings. The van der Waals surface area contributed by atoms with Crippen molar-refractivity contribution in [3.05, 3.63) is 0 Å². The lowest BCUT2D eigenvalue weighted by Crippen LogP contribution is -2.53. The zero-order valence-corrected chi connectivity index (χ0v) is 24.2. The van der Waals surface area contributed by atoms with E-state index in [0.29, 0.717) is 22.7 Å². The summed E-state index contributed by atoms with van der Waals surface area (Å²) >= 11 is 0. The van der Waals surface area contributed by atoms with E-state index in [1.54, 1.807) is 0 Å². The Morgan fingerprint density at radius 1 is 0.886 bits per heavy atom. The minimum atomic E-state index is 0.298. The van der Waals surface area contributed by atoms with Gasteiger partial charge in [-0.05, 0) is 116 Å². The molecule has 0 aromatic carbocycles. The smallest absolute Gasteiger partial charge is 0.220 e. The molecule has 0 aliphatic heterocycles. The summed E-state index contributed by atoms with van der Waals surface area (Å²) in [4.78, 5) is 12.5. The molecular weight excluding hydrogens is 426 g/mol. The molecule has 4 saturated carbocycles. The fraction of sp³-hybridized carbons (Fsp3) is 0.970. The van der Waals surface area contributed by atoms with Gasteiger partial charge in [0, 0.05) is 13.0 Å². The molecule has 0 spiro atoms. The minimum absolute atomic E-state index is 0.298. The molecule has 4 fully saturated rings. The lowest BCUT2D eigenvalue weighted by atomic mass is 9.44. The predicted molar refractivity (Wildman–Crippen MR) is 149 cm³/mol. The molecule has 4 unspecified atom stereocenters. The van der Waals surface area contributed by atoms with E-state index in [9.17, 15) is 4.79 Å². The first-order chi connectivity index (χ1) is 16.8. The fourth-order valence-corrected chi connectivity index (χ4v) is 10.2. The van der Waals surface area contributed by atoms with Crippen LogP contribution in [0.2, 0.25) is 0 Å². The van der Waals surface area contributed by atoms with Gasteiger partial charge in [-0.3, -0.25) is 4.79 Å². The molecule has 0 saturated heterocycles. The van der Waals surface area contributed by atoms with E-state index in [0.717, 1.165) is 61.3 Å². The Morgan fingerprint density at radius 3 is 2.40 bits per heavy atom. The van der Waals surface area contributed by atoms with Gasteiger partial charge in [-0.25, -0.2) is 0 Å². The van der Waals surface area contributed by atoms with Gasteiger partial charge < -0.3 is 5.32 Å². The average molecular weight is 486 g/mol. The maximum Gasteiger partial charge on any atom is 0.220 e. The van der Waals surface area contributed by atoms with Crippen molar-refractivity contribution in [2.24, 2.45) is 52.3 Å². The van der Waals surface area contributed by atoms with Crippen LogP contribution in [0.1, 0.15) is 144 Å². The van der Waals surface area contributed by atoms with Crippen LogP contribution in [-0.2, 0) is 4.79 Å². The number of hydrogen-bond acceptors (Lipinski definition) is 1. The molecule has 4 aliphatic carbocycles. The zero-order valence-electron chi connectivity index (χ0n) is 24.2. The van der Waals surface area contributed by atoms with Crippen LogP contribution in [0, 0.1) is 52.3 Å². The molecule has 9 atom stereocenters. The van der Waals surface area contributed by atoms with Gasteiger partial charge in [-0.1, -0.05) is 73.1 Å². The Balaban J connectivity index is 1.25. The molecule has 0 heterocycles. The van der Waals surface area contributed by atoms with E-state index in [-0.39, 0.29) is 0 Å². The average Bonchev–Trinajstić information content (AvgIpc) is 3.19. The van der Waals surface area contributed by atoms with E-state index in [4.69, 9.17) is 0 Å². The largest absolute Gasteiger partial charge is 0.356 e. The van der Waals surface area contributed by atoms with Gasteiger partial charge in [0.05, 0.1) is 0 Å². The molecule has 202 valence electrons. The second-order valence-corrected chi connectivity index (χ2v) is 14.4. The van der Waals surface area contributed by atoms with Crippen molar-refractivity contribution < 1.29 is 4.79 Å². The zero-order chi connectivity index (χ0) is 25.1. The molecule has 1 amide bonds. The Labute approximate surface area is 218 Å². The Hall–Kier alpha value is -0.530. The van der Waals surface area contributed by atoms with Crippen LogP contribution in [-0.4, -0.2) is 12.5 Å². The van der Waals surface area contributed by atoms with Crippen molar-refractivity contribution in [1.82, 2.24) is 5.32 Å². The molecule has 4 rings (SSSR count). The van der Waals surface area contributed by atoms with Crippen molar-refractivity contribution in [3.63, 3.8) is 0 Å². The van der Waals surface area contributed by atoms with Gasteiger partial charge in [0.2, 0.25) is 5.91 Å². The highest BCUT2D eigenvalue weighted by atomic mass is 16.1. The molecular formula is C33H59NO. The summed E-state index contributed by atoms with van der Waals surface area (Å²) in [5.74, 6) is 6.70. The molecule has 0 radical (unpaired) electrons. The van der Waals surface area contributed by atoms with Gasteiger partial charge in [-0.2, -0.15) is 0 Å². The number of hydrogen-bond donors (Lipinski definition) is 1. The first kappa shape index (κ1) is 27.5. The molecule has 35 heavy (non-hydrogen) atoms. The van der Waals surface area contributed by atoms with Crippen LogP contribution in [0.25, 0.3) is 0 Å². The van der Waals surface area contributed by atoms with Crippen molar-refractivity contribution in [1.29, 1.82) is 0 Å². The molecule has 2 nitrogen and oxygen atoms in total. The van der Waals surface area contributed by atoms with Crippen molar-refractivity contribution in [2.45, 2.75) is 144 Å². The number of rotatable bonds is 11. The maximum atomic E-state index is 12.5. The molecule has 0 bridgehead atoms. The quantitative estimate of drug-likeness (QED) is 0.290. The predicted octanol–water partition coefficient (Wildman–Crippen LogP) is 9.17. The topological polar surface area (TPSA) is 29.1 Å². The van der Waals surface area contributed by atoms with Crippen LogP contribution < -0.4 is 5.32 Å². The maximum absolute atomic E-state index is 12.5. The SMILES string of the molecule is CCCCCCCCNC(=O)CC[C@@H](C)[C@H]1CCC2C3CCC4C[C@H](C)CC[C@]4(C)C3CC[C@@]21C. The highest BCUT2D eigenvalue weighted by Gasteiger charge is 2.60. The van der Waals surface area contributed by atoms with Crippen molar-refractivity contribution in [3.8, 4) is 0 Å². The number of fused-ring (bicyclic) bond motifs is 5. The summed E-state index contributed by atoms with van der Waals surface area (Å²) < 4.78 is 0.